The molecule has 1 saturated heterocycles. The smallest absolute Gasteiger partial charge is 0.231 e. The zero-order valence-electron chi connectivity index (χ0n) is 12.4. The third-order valence-corrected chi connectivity index (χ3v) is 3.99. The van der Waals surface area contributed by atoms with E-state index in [2.05, 4.69) is 36.2 Å². The molecule has 5 heteroatoms. The molecule has 0 radical (unpaired) electrons. The van der Waals surface area contributed by atoms with Crippen LogP contribution in [0.4, 0.5) is 0 Å². The number of nitrogens with one attached hydrogen (secondary N) is 1. The molecular formula is C14H25N3O2. The Hall–Kier alpha value is -0.940. The molecule has 108 valence electrons. The SMILES string of the molecule is CCCNC(C)C(C)c1nc(C2(C)CCCO2)no1. The second-order valence-corrected chi connectivity index (χ2v) is 5.67. The van der Waals surface area contributed by atoms with Gasteiger partial charge in [-0.25, -0.2) is 0 Å². The zero-order chi connectivity index (χ0) is 13.9. The normalized spacial score (nSPS) is 26.5. The molecule has 3 atom stereocenters. The summed E-state index contributed by atoms with van der Waals surface area (Å²) >= 11 is 0. The first-order chi connectivity index (χ1) is 9.07. The lowest BCUT2D eigenvalue weighted by atomic mass is 10.0. The van der Waals surface area contributed by atoms with Crippen LogP contribution in [0.1, 0.15) is 64.6 Å². The molecule has 2 heterocycles. The van der Waals surface area contributed by atoms with E-state index < -0.39 is 0 Å². The van der Waals surface area contributed by atoms with Gasteiger partial charge in [0.05, 0.1) is 5.92 Å². The van der Waals surface area contributed by atoms with Crippen molar-refractivity contribution in [3.63, 3.8) is 0 Å². The minimum atomic E-state index is -0.360. The lowest BCUT2D eigenvalue weighted by Crippen LogP contribution is -2.31. The van der Waals surface area contributed by atoms with Crippen LogP contribution < -0.4 is 5.32 Å². The summed E-state index contributed by atoms with van der Waals surface area (Å²) in [5.74, 6) is 1.59. The van der Waals surface area contributed by atoms with Crippen LogP contribution in [0.15, 0.2) is 4.52 Å². The summed E-state index contributed by atoms with van der Waals surface area (Å²) in [4.78, 5) is 4.55. The van der Waals surface area contributed by atoms with Gasteiger partial charge in [-0.15, -0.1) is 0 Å². The van der Waals surface area contributed by atoms with Gasteiger partial charge in [0, 0.05) is 12.6 Å². The Morgan fingerprint density at radius 2 is 2.21 bits per heavy atom. The fraction of sp³-hybridized carbons (Fsp3) is 0.857. The van der Waals surface area contributed by atoms with Crippen molar-refractivity contribution in [3.8, 4) is 0 Å². The molecule has 1 N–H and O–H groups in total. The highest BCUT2D eigenvalue weighted by atomic mass is 16.5. The Kier molecular flexibility index (Phi) is 4.58. The summed E-state index contributed by atoms with van der Waals surface area (Å²) < 4.78 is 11.2. The summed E-state index contributed by atoms with van der Waals surface area (Å²) in [5, 5.41) is 7.57. The number of nitrogens with zero attached hydrogens (tertiary/aromatic N) is 2. The standard InChI is InChI=1S/C14H25N3O2/c1-5-8-15-11(3)10(2)12-16-13(17-19-12)14(4)7-6-9-18-14/h10-11,15H,5-9H2,1-4H3. The van der Waals surface area contributed by atoms with Crippen LogP contribution in [0.5, 0.6) is 0 Å². The molecule has 1 aromatic heterocycles. The quantitative estimate of drug-likeness (QED) is 0.858. The largest absolute Gasteiger partial charge is 0.367 e. The molecule has 0 amide bonds. The molecule has 0 bridgehead atoms. The van der Waals surface area contributed by atoms with Crippen LogP contribution in [-0.4, -0.2) is 29.3 Å². The maximum absolute atomic E-state index is 5.74. The monoisotopic (exact) mass is 267 g/mol. The van der Waals surface area contributed by atoms with E-state index >= 15 is 0 Å². The Balaban J connectivity index is 2.03. The van der Waals surface area contributed by atoms with Crippen molar-refractivity contribution in [1.29, 1.82) is 0 Å². The van der Waals surface area contributed by atoms with Crippen molar-refractivity contribution in [2.75, 3.05) is 13.2 Å². The highest BCUT2D eigenvalue weighted by Gasteiger charge is 2.37. The maximum Gasteiger partial charge on any atom is 0.231 e. The number of hydrogen-bond donors (Lipinski definition) is 1. The van der Waals surface area contributed by atoms with Crippen LogP contribution in [0.3, 0.4) is 0 Å². The van der Waals surface area contributed by atoms with E-state index in [1.807, 2.05) is 6.92 Å². The molecule has 1 fully saturated rings. The minimum Gasteiger partial charge on any atom is -0.367 e. The third-order valence-electron chi connectivity index (χ3n) is 3.99. The molecule has 0 saturated carbocycles. The van der Waals surface area contributed by atoms with Crippen LogP contribution in [0, 0.1) is 0 Å². The van der Waals surface area contributed by atoms with E-state index in [-0.39, 0.29) is 11.5 Å². The summed E-state index contributed by atoms with van der Waals surface area (Å²) in [5.41, 5.74) is -0.360. The zero-order valence-corrected chi connectivity index (χ0v) is 12.4. The summed E-state index contributed by atoms with van der Waals surface area (Å²) in [6.45, 7) is 10.3. The van der Waals surface area contributed by atoms with Gasteiger partial charge in [0.2, 0.25) is 11.7 Å². The lowest BCUT2D eigenvalue weighted by molar-refractivity contribution is 0.00768. The highest BCUT2D eigenvalue weighted by Crippen LogP contribution is 2.34. The first-order valence-electron chi connectivity index (χ1n) is 7.28. The topological polar surface area (TPSA) is 60.2 Å². The Labute approximate surface area is 115 Å². The second kappa shape index (κ2) is 6.01. The van der Waals surface area contributed by atoms with Crippen LogP contribution in [0.2, 0.25) is 0 Å². The van der Waals surface area contributed by atoms with Gasteiger partial charge < -0.3 is 14.6 Å². The summed E-state index contributed by atoms with van der Waals surface area (Å²) in [6.07, 6.45) is 3.15. The van der Waals surface area contributed by atoms with Crippen molar-refractivity contribution < 1.29 is 9.26 Å². The van der Waals surface area contributed by atoms with E-state index in [1.54, 1.807) is 0 Å². The molecule has 0 aromatic carbocycles. The molecule has 19 heavy (non-hydrogen) atoms. The minimum absolute atomic E-state index is 0.206. The van der Waals surface area contributed by atoms with Crippen LogP contribution in [-0.2, 0) is 10.3 Å². The van der Waals surface area contributed by atoms with E-state index in [1.165, 1.54) is 0 Å². The average Bonchev–Trinajstić information content (AvgIpc) is 3.04. The predicted octanol–water partition coefficient (Wildman–Crippen LogP) is 2.59. The van der Waals surface area contributed by atoms with E-state index in [9.17, 15) is 0 Å². The van der Waals surface area contributed by atoms with Gasteiger partial charge in [0.1, 0.15) is 5.60 Å². The summed E-state index contributed by atoms with van der Waals surface area (Å²) in [7, 11) is 0. The van der Waals surface area contributed by atoms with Crippen molar-refractivity contribution in [2.24, 2.45) is 0 Å². The maximum atomic E-state index is 5.74. The lowest BCUT2D eigenvalue weighted by Gasteiger charge is -2.19. The predicted molar refractivity (Wildman–Crippen MR) is 73.0 cm³/mol. The van der Waals surface area contributed by atoms with Gasteiger partial charge in [0.15, 0.2) is 0 Å². The van der Waals surface area contributed by atoms with Crippen molar-refractivity contribution in [2.45, 2.75) is 64.5 Å². The molecule has 1 aliphatic rings. The van der Waals surface area contributed by atoms with Gasteiger partial charge in [-0.05, 0) is 39.7 Å². The average molecular weight is 267 g/mol. The Morgan fingerprint density at radius 3 is 2.84 bits per heavy atom. The van der Waals surface area contributed by atoms with Crippen LogP contribution >= 0.6 is 0 Å². The Bertz CT molecular complexity index is 399. The van der Waals surface area contributed by atoms with E-state index in [0.29, 0.717) is 17.8 Å². The van der Waals surface area contributed by atoms with Gasteiger partial charge in [0.25, 0.3) is 0 Å². The fourth-order valence-corrected chi connectivity index (χ4v) is 2.35. The first kappa shape index (κ1) is 14.5. The van der Waals surface area contributed by atoms with E-state index in [4.69, 9.17) is 9.26 Å². The summed E-state index contributed by atoms with van der Waals surface area (Å²) in [6, 6.07) is 0.325. The van der Waals surface area contributed by atoms with Crippen molar-refractivity contribution in [3.05, 3.63) is 11.7 Å². The molecule has 5 nitrogen and oxygen atoms in total. The molecule has 2 rings (SSSR count). The van der Waals surface area contributed by atoms with Crippen molar-refractivity contribution >= 4 is 0 Å². The number of hydrogen-bond acceptors (Lipinski definition) is 5. The molecule has 3 unspecified atom stereocenters. The second-order valence-electron chi connectivity index (χ2n) is 5.67. The van der Waals surface area contributed by atoms with Crippen molar-refractivity contribution in [1.82, 2.24) is 15.5 Å². The first-order valence-corrected chi connectivity index (χ1v) is 7.28. The van der Waals surface area contributed by atoms with Gasteiger partial charge in [-0.1, -0.05) is 19.0 Å². The number of ether oxygens (including phenoxy) is 1. The van der Waals surface area contributed by atoms with Gasteiger partial charge >= 0.3 is 0 Å². The molecule has 1 aliphatic heterocycles. The third kappa shape index (κ3) is 3.15. The number of rotatable bonds is 6. The number of aromatic nitrogens is 2. The van der Waals surface area contributed by atoms with Crippen LogP contribution in [0.25, 0.3) is 0 Å². The van der Waals surface area contributed by atoms with Gasteiger partial charge in [-0.2, -0.15) is 4.98 Å². The molecule has 0 aliphatic carbocycles. The van der Waals surface area contributed by atoms with E-state index in [0.717, 1.165) is 32.4 Å². The van der Waals surface area contributed by atoms with Gasteiger partial charge in [-0.3, -0.25) is 0 Å². The highest BCUT2D eigenvalue weighted by molar-refractivity contribution is 5.04. The molecule has 1 aromatic rings. The molecular weight excluding hydrogens is 242 g/mol. The molecule has 0 spiro atoms. The fourth-order valence-electron chi connectivity index (χ4n) is 2.35. The Morgan fingerprint density at radius 1 is 1.42 bits per heavy atom.